The molecule has 1 saturated heterocycles. The molecule has 0 saturated carbocycles. The monoisotopic (exact) mass is 424 g/mol. The Morgan fingerprint density at radius 3 is 2.10 bits per heavy atom. The summed E-state index contributed by atoms with van der Waals surface area (Å²) in [6, 6.07) is 0. The molecule has 0 aromatic carbocycles. The second-order valence-electron chi connectivity index (χ2n) is 10.1. The van der Waals surface area contributed by atoms with E-state index in [1.54, 1.807) is 6.92 Å². The van der Waals surface area contributed by atoms with Gasteiger partial charge >= 0.3 is 11.9 Å². The van der Waals surface area contributed by atoms with Crippen LogP contribution >= 0.6 is 0 Å². The predicted octanol–water partition coefficient (Wildman–Crippen LogP) is 5.60. The summed E-state index contributed by atoms with van der Waals surface area (Å²) in [5, 5.41) is 0. The second-order valence-corrected chi connectivity index (χ2v) is 15.5. The van der Waals surface area contributed by atoms with Crippen LogP contribution < -0.4 is 0 Å². The number of ether oxygens (including phenoxy) is 2. The lowest BCUT2D eigenvalue weighted by Crippen LogP contribution is -2.49. The van der Waals surface area contributed by atoms with E-state index in [0.717, 1.165) is 11.3 Å². The molecule has 2 rings (SSSR count). The number of cyclic esters (lactones) is 1. The predicted molar refractivity (Wildman–Crippen MR) is 117 cm³/mol. The van der Waals surface area contributed by atoms with E-state index in [1.807, 2.05) is 13.8 Å². The molecule has 0 N–H and O–H groups in total. The fraction of sp³-hybridized carbons (Fsp3) is 0.826. The van der Waals surface area contributed by atoms with Crippen molar-refractivity contribution in [3.05, 3.63) is 11.3 Å². The van der Waals surface area contributed by atoms with Crippen LogP contribution in [0.15, 0.2) is 11.3 Å². The highest BCUT2D eigenvalue weighted by Gasteiger charge is 2.59. The van der Waals surface area contributed by atoms with Crippen molar-refractivity contribution in [2.24, 2.45) is 17.8 Å². The molecule has 2 aliphatic rings. The number of hydrogen-bond donors (Lipinski definition) is 0. The van der Waals surface area contributed by atoms with Gasteiger partial charge in [0, 0.05) is 12.3 Å². The Labute approximate surface area is 177 Å². The zero-order valence-corrected chi connectivity index (χ0v) is 20.9. The van der Waals surface area contributed by atoms with E-state index in [4.69, 9.17) is 13.9 Å². The van der Waals surface area contributed by atoms with Gasteiger partial charge in [0.1, 0.15) is 5.60 Å². The molecule has 1 fully saturated rings. The third kappa shape index (κ3) is 4.01. The van der Waals surface area contributed by atoms with Crippen LogP contribution in [-0.2, 0) is 23.5 Å². The molecule has 0 radical (unpaired) electrons. The molecule has 166 valence electrons. The highest BCUT2D eigenvalue weighted by Crippen LogP contribution is 2.53. The minimum absolute atomic E-state index is 0.175. The summed E-state index contributed by atoms with van der Waals surface area (Å²) in [5.74, 6) is -0.950. The van der Waals surface area contributed by atoms with Crippen molar-refractivity contribution < 1.29 is 23.5 Å². The van der Waals surface area contributed by atoms with Gasteiger partial charge in [-0.15, -0.1) is 0 Å². The van der Waals surface area contributed by atoms with E-state index < -0.39 is 25.8 Å². The first-order valence-electron chi connectivity index (χ1n) is 11.1. The number of esters is 2. The first-order chi connectivity index (χ1) is 13.3. The van der Waals surface area contributed by atoms with Crippen LogP contribution in [0.5, 0.6) is 0 Å². The lowest BCUT2D eigenvalue weighted by atomic mass is 9.67. The quantitative estimate of drug-likeness (QED) is 0.393. The minimum atomic E-state index is -2.18. The fourth-order valence-corrected chi connectivity index (χ4v) is 11.4. The van der Waals surface area contributed by atoms with Crippen molar-refractivity contribution in [2.75, 3.05) is 6.61 Å². The molecule has 0 aromatic rings. The zero-order chi connectivity index (χ0) is 22.3. The Morgan fingerprint density at radius 1 is 1.14 bits per heavy atom. The molecule has 1 aliphatic heterocycles. The SMILES string of the molecule is CCOC(=O)[C@H]1CC(O[Si](C(C)C)(C(C)C)C(C)C)=C(C)[C@H]2[C@@H]1C(=O)OC2(C)C. The topological polar surface area (TPSA) is 61.8 Å². The maximum atomic E-state index is 12.8. The highest BCUT2D eigenvalue weighted by atomic mass is 28.4. The van der Waals surface area contributed by atoms with E-state index in [1.165, 1.54) is 0 Å². The van der Waals surface area contributed by atoms with Crippen molar-refractivity contribution >= 4 is 20.3 Å². The average molecular weight is 425 g/mol. The van der Waals surface area contributed by atoms with E-state index in [2.05, 4.69) is 48.5 Å². The number of carbonyl (C=O) groups excluding carboxylic acids is 2. The van der Waals surface area contributed by atoms with Crippen molar-refractivity contribution in [1.29, 1.82) is 0 Å². The normalized spacial score (nSPS) is 26.8. The molecule has 0 unspecified atom stereocenters. The van der Waals surface area contributed by atoms with Crippen LogP contribution in [0.4, 0.5) is 0 Å². The number of rotatable bonds is 7. The van der Waals surface area contributed by atoms with Gasteiger partial charge in [0.25, 0.3) is 8.32 Å². The van der Waals surface area contributed by atoms with E-state index >= 15 is 0 Å². The number of hydrogen-bond acceptors (Lipinski definition) is 5. The summed E-state index contributed by atoms with van der Waals surface area (Å²) in [4.78, 5) is 25.5. The minimum Gasteiger partial charge on any atom is -0.546 e. The summed E-state index contributed by atoms with van der Waals surface area (Å²) in [7, 11) is -2.18. The van der Waals surface area contributed by atoms with Crippen LogP contribution in [0, 0.1) is 17.8 Å². The van der Waals surface area contributed by atoms with Crippen molar-refractivity contribution in [3.8, 4) is 0 Å². The first-order valence-corrected chi connectivity index (χ1v) is 13.2. The van der Waals surface area contributed by atoms with Crippen LogP contribution in [-0.4, -0.2) is 32.5 Å². The lowest BCUT2D eigenvalue weighted by Gasteiger charge is -2.46. The van der Waals surface area contributed by atoms with Crippen LogP contribution in [0.3, 0.4) is 0 Å². The molecule has 1 heterocycles. The van der Waals surface area contributed by atoms with Crippen LogP contribution in [0.2, 0.25) is 16.6 Å². The van der Waals surface area contributed by atoms with Gasteiger partial charge in [0.05, 0.1) is 24.2 Å². The molecular formula is C23H40O5Si. The Kier molecular flexibility index (Phi) is 6.98. The van der Waals surface area contributed by atoms with Gasteiger partial charge in [-0.25, -0.2) is 0 Å². The summed E-state index contributed by atoms with van der Waals surface area (Å²) in [6.07, 6.45) is 0.415. The highest BCUT2D eigenvalue weighted by molar-refractivity contribution is 6.77. The van der Waals surface area contributed by atoms with Gasteiger partial charge in [-0.1, -0.05) is 41.5 Å². The summed E-state index contributed by atoms with van der Waals surface area (Å²) >= 11 is 0. The lowest BCUT2D eigenvalue weighted by molar-refractivity contribution is -0.157. The Morgan fingerprint density at radius 2 is 1.66 bits per heavy atom. The molecule has 0 bridgehead atoms. The smallest absolute Gasteiger partial charge is 0.311 e. The van der Waals surface area contributed by atoms with Gasteiger partial charge in [-0.3, -0.25) is 9.59 Å². The summed E-state index contributed by atoms with van der Waals surface area (Å²) in [5.41, 5.74) is 1.68. The van der Waals surface area contributed by atoms with Gasteiger partial charge in [-0.05, 0) is 49.9 Å². The largest absolute Gasteiger partial charge is 0.546 e. The average Bonchev–Trinajstić information content (AvgIpc) is 2.82. The maximum absolute atomic E-state index is 12.8. The molecule has 0 aromatic heterocycles. The van der Waals surface area contributed by atoms with E-state index in [-0.39, 0.29) is 17.9 Å². The van der Waals surface area contributed by atoms with Crippen LogP contribution in [0.1, 0.15) is 75.7 Å². The molecule has 5 nitrogen and oxygen atoms in total. The third-order valence-corrected chi connectivity index (χ3v) is 13.1. The van der Waals surface area contributed by atoms with Crippen molar-refractivity contribution in [2.45, 2.75) is 97.9 Å². The molecule has 0 spiro atoms. The third-order valence-electron chi connectivity index (χ3n) is 7.09. The Bertz CT molecular complexity index is 655. The van der Waals surface area contributed by atoms with Gasteiger partial charge in [0.15, 0.2) is 0 Å². The van der Waals surface area contributed by atoms with Gasteiger partial charge in [0.2, 0.25) is 0 Å². The maximum Gasteiger partial charge on any atom is 0.311 e. The molecular weight excluding hydrogens is 384 g/mol. The molecule has 3 atom stereocenters. The summed E-state index contributed by atoms with van der Waals surface area (Å²) < 4.78 is 18.1. The standard InChI is InChI=1S/C23H40O5Si/c1-11-26-21(24)17-12-18(28-29(13(2)3,14(4)5)15(6)7)16(8)20-19(17)22(25)27-23(20,9)10/h13-15,17,19-20H,11-12H2,1-10H3/t17-,19+,20-/m0/s1. The molecule has 0 amide bonds. The second kappa shape index (κ2) is 8.44. The number of fused-ring (bicyclic) bond motifs is 1. The fourth-order valence-electron chi connectivity index (χ4n) is 5.98. The molecule has 29 heavy (non-hydrogen) atoms. The van der Waals surface area contributed by atoms with Crippen LogP contribution in [0.25, 0.3) is 0 Å². The van der Waals surface area contributed by atoms with E-state index in [9.17, 15) is 9.59 Å². The molecule has 1 aliphatic carbocycles. The summed E-state index contributed by atoms with van der Waals surface area (Å²) in [6.45, 7) is 21.5. The first kappa shape index (κ1) is 24.0. The van der Waals surface area contributed by atoms with E-state index in [0.29, 0.717) is 29.7 Å². The zero-order valence-electron chi connectivity index (χ0n) is 19.9. The van der Waals surface area contributed by atoms with Crippen molar-refractivity contribution in [3.63, 3.8) is 0 Å². The van der Waals surface area contributed by atoms with Gasteiger partial charge < -0.3 is 13.9 Å². The molecule has 6 heteroatoms. The number of carbonyl (C=O) groups is 2. The number of allylic oxidation sites excluding steroid dienone is 1. The van der Waals surface area contributed by atoms with Gasteiger partial charge in [-0.2, -0.15) is 0 Å². The van der Waals surface area contributed by atoms with Crippen molar-refractivity contribution in [1.82, 2.24) is 0 Å². The Balaban J connectivity index is 2.58. The Hall–Kier alpha value is -1.30.